The summed E-state index contributed by atoms with van der Waals surface area (Å²) in [7, 11) is 1.50. The first kappa shape index (κ1) is 6.92. The molecule has 1 aliphatic carbocycles. The van der Waals surface area contributed by atoms with Gasteiger partial charge in [0.2, 0.25) is 0 Å². The molecule has 1 saturated carbocycles. The first-order chi connectivity index (χ1) is 3.30. The largest absolute Gasteiger partial charge is 0.393 e. The normalized spacial score (nSPS) is 36.0. The van der Waals surface area contributed by atoms with Crippen molar-refractivity contribution in [3.63, 3.8) is 0 Å². The molecule has 0 aromatic rings. The van der Waals surface area contributed by atoms with Gasteiger partial charge in [-0.2, -0.15) is 0 Å². The Bertz CT molecular complexity index is 41.3. The maximum Gasteiger partial charge on any atom is 0.0570 e. The van der Waals surface area contributed by atoms with E-state index in [2.05, 4.69) is 5.73 Å². The number of hydrogen-bond acceptors (Lipinski definition) is 2. The minimum atomic E-state index is 0.0509. The van der Waals surface area contributed by atoms with Gasteiger partial charge in [0.1, 0.15) is 0 Å². The van der Waals surface area contributed by atoms with Crippen molar-refractivity contribution in [1.82, 2.24) is 0 Å². The Balaban J connectivity index is 0.000000162. The summed E-state index contributed by atoms with van der Waals surface area (Å²) in [5.74, 6) is 0.606. The van der Waals surface area contributed by atoms with Crippen LogP contribution in [0.25, 0.3) is 0 Å². The van der Waals surface area contributed by atoms with Crippen LogP contribution in [0, 0.1) is 5.92 Å². The molecule has 2 atom stereocenters. The van der Waals surface area contributed by atoms with Crippen LogP contribution in [-0.4, -0.2) is 18.3 Å². The number of rotatable bonds is 0. The Morgan fingerprint density at radius 2 is 1.71 bits per heavy atom. The van der Waals surface area contributed by atoms with Crippen molar-refractivity contribution in [3.05, 3.63) is 0 Å². The van der Waals surface area contributed by atoms with Crippen LogP contribution < -0.4 is 5.73 Å². The molecule has 0 bridgehead atoms. The number of hydrogen-bond donors (Lipinski definition) is 2. The molecule has 3 N–H and O–H groups in total. The van der Waals surface area contributed by atoms with E-state index in [9.17, 15) is 0 Å². The number of nitrogens with two attached hydrogens (primary N) is 1. The van der Waals surface area contributed by atoms with Crippen molar-refractivity contribution in [1.29, 1.82) is 0 Å². The van der Waals surface area contributed by atoms with E-state index in [1.54, 1.807) is 0 Å². The smallest absolute Gasteiger partial charge is 0.0570 e. The Morgan fingerprint density at radius 1 is 1.57 bits per heavy atom. The zero-order valence-corrected chi connectivity index (χ0v) is 4.89. The van der Waals surface area contributed by atoms with Crippen LogP contribution in [0.2, 0.25) is 0 Å². The van der Waals surface area contributed by atoms with E-state index >= 15 is 0 Å². The molecule has 0 aromatic carbocycles. The summed E-state index contributed by atoms with van der Waals surface area (Å²) in [6.07, 6.45) is 1.08. The van der Waals surface area contributed by atoms with Gasteiger partial charge in [-0.3, -0.25) is 0 Å². The molecule has 0 aromatic heterocycles. The van der Waals surface area contributed by atoms with Gasteiger partial charge in [0, 0.05) is 0 Å². The Hall–Kier alpha value is -0.0800. The summed E-state index contributed by atoms with van der Waals surface area (Å²) in [6, 6.07) is 0. The number of aliphatic hydroxyl groups is 1. The fourth-order valence-electron chi connectivity index (χ4n) is 0.302. The summed E-state index contributed by atoms with van der Waals surface area (Å²) in [5.41, 5.74) is 4.50. The lowest BCUT2D eigenvalue weighted by Gasteiger charge is -1.68. The molecule has 7 heavy (non-hydrogen) atoms. The lowest BCUT2D eigenvalue weighted by atomic mass is 10.5. The predicted molar refractivity (Wildman–Crippen MR) is 29.9 cm³/mol. The first-order valence-corrected chi connectivity index (χ1v) is 2.56. The van der Waals surface area contributed by atoms with E-state index in [0.29, 0.717) is 5.92 Å². The second-order valence-electron chi connectivity index (χ2n) is 1.78. The zero-order valence-electron chi connectivity index (χ0n) is 4.89. The van der Waals surface area contributed by atoms with Crippen LogP contribution in [0.3, 0.4) is 0 Å². The van der Waals surface area contributed by atoms with E-state index in [1.165, 1.54) is 7.05 Å². The molecular formula is C5H13NO. The Labute approximate surface area is 44.3 Å². The predicted octanol–water partition coefficient (Wildman–Crippen LogP) is -0.0380. The van der Waals surface area contributed by atoms with Crippen LogP contribution in [0.4, 0.5) is 0 Å². The molecule has 1 rings (SSSR count). The molecule has 0 spiro atoms. The van der Waals surface area contributed by atoms with E-state index in [4.69, 9.17) is 5.11 Å². The monoisotopic (exact) mass is 103 g/mol. The molecule has 1 aliphatic rings. The molecule has 1 fully saturated rings. The molecule has 0 amide bonds. The molecule has 0 saturated heterocycles. The SMILES string of the molecule is CC1CC1O.CN. The highest BCUT2D eigenvalue weighted by atomic mass is 16.3. The van der Waals surface area contributed by atoms with Crippen LogP contribution in [-0.2, 0) is 0 Å². The summed E-state index contributed by atoms with van der Waals surface area (Å²) in [5, 5.41) is 8.44. The average Bonchev–Trinajstić information content (AvgIpc) is 2.27. The van der Waals surface area contributed by atoms with Crippen molar-refractivity contribution >= 4 is 0 Å². The summed E-state index contributed by atoms with van der Waals surface area (Å²) >= 11 is 0. The minimum Gasteiger partial charge on any atom is -0.393 e. The van der Waals surface area contributed by atoms with Crippen molar-refractivity contribution in [2.24, 2.45) is 11.7 Å². The van der Waals surface area contributed by atoms with Gasteiger partial charge in [-0.1, -0.05) is 6.92 Å². The van der Waals surface area contributed by atoms with Crippen LogP contribution in [0.5, 0.6) is 0 Å². The maximum atomic E-state index is 8.44. The molecule has 0 heterocycles. The van der Waals surface area contributed by atoms with Gasteiger partial charge in [-0.25, -0.2) is 0 Å². The molecular weight excluding hydrogens is 90.1 g/mol. The fourth-order valence-corrected chi connectivity index (χ4v) is 0.302. The third-order valence-electron chi connectivity index (χ3n) is 1.07. The van der Waals surface area contributed by atoms with Crippen molar-refractivity contribution in [2.45, 2.75) is 19.4 Å². The molecule has 2 nitrogen and oxygen atoms in total. The number of aliphatic hydroxyl groups excluding tert-OH is 1. The molecule has 0 aliphatic heterocycles. The topological polar surface area (TPSA) is 46.2 Å². The Kier molecular flexibility index (Phi) is 2.96. The zero-order chi connectivity index (χ0) is 5.86. The molecule has 2 unspecified atom stereocenters. The van der Waals surface area contributed by atoms with Gasteiger partial charge in [0.25, 0.3) is 0 Å². The van der Waals surface area contributed by atoms with Crippen LogP contribution >= 0.6 is 0 Å². The first-order valence-electron chi connectivity index (χ1n) is 2.56. The van der Waals surface area contributed by atoms with Crippen molar-refractivity contribution < 1.29 is 5.11 Å². The molecule has 44 valence electrons. The lowest BCUT2D eigenvalue weighted by molar-refractivity contribution is 0.263. The van der Waals surface area contributed by atoms with Crippen molar-refractivity contribution in [2.75, 3.05) is 7.05 Å². The van der Waals surface area contributed by atoms with E-state index < -0.39 is 0 Å². The maximum absolute atomic E-state index is 8.44. The highest BCUT2D eigenvalue weighted by Gasteiger charge is 2.29. The van der Waals surface area contributed by atoms with Gasteiger partial charge < -0.3 is 10.8 Å². The lowest BCUT2D eigenvalue weighted by Crippen LogP contribution is -1.74. The van der Waals surface area contributed by atoms with Crippen LogP contribution in [0.15, 0.2) is 0 Å². The highest BCUT2D eigenvalue weighted by Crippen LogP contribution is 2.27. The van der Waals surface area contributed by atoms with Gasteiger partial charge in [0.05, 0.1) is 6.10 Å². The van der Waals surface area contributed by atoms with E-state index in [1.807, 2.05) is 6.92 Å². The van der Waals surface area contributed by atoms with Gasteiger partial charge in [-0.15, -0.1) is 0 Å². The third kappa shape index (κ3) is 2.60. The summed E-state index contributed by atoms with van der Waals surface area (Å²) in [6.45, 7) is 2.05. The second kappa shape index (κ2) is 2.99. The van der Waals surface area contributed by atoms with Crippen molar-refractivity contribution in [3.8, 4) is 0 Å². The molecule has 2 heteroatoms. The average molecular weight is 103 g/mol. The Morgan fingerprint density at radius 3 is 1.71 bits per heavy atom. The van der Waals surface area contributed by atoms with E-state index in [-0.39, 0.29) is 6.10 Å². The quantitative estimate of drug-likeness (QED) is 0.452. The van der Waals surface area contributed by atoms with Gasteiger partial charge >= 0.3 is 0 Å². The molecule has 0 radical (unpaired) electrons. The van der Waals surface area contributed by atoms with E-state index in [0.717, 1.165) is 6.42 Å². The minimum absolute atomic E-state index is 0.0509. The van der Waals surface area contributed by atoms with Gasteiger partial charge in [0.15, 0.2) is 0 Å². The summed E-state index contributed by atoms with van der Waals surface area (Å²) < 4.78 is 0. The fraction of sp³-hybridized carbons (Fsp3) is 1.00. The van der Waals surface area contributed by atoms with Gasteiger partial charge in [-0.05, 0) is 19.4 Å². The second-order valence-corrected chi connectivity index (χ2v) is 1.78. The third-order valence-corrected chi connectivity index (χ3v) is 1.07. The standard InChI is InChI=1S/C4H8O.CH5N/c1-3-2-4(3)5;1-2/h3-5H,2H2,1H3;2H2,1H3. The summed E-state index contributed by atoms with van der Waals surface area (Å²) in [4.78, 5) is 0. The highest BCUT2D eigenvalue weighted by molar-refractivity contribution is 4.80. The van der Waals surface area contributed by atoms with Crippen LogP contribution in [0.1, 0.15) is 13.3 Å².